The first-order valence-corrected chi connectivity index (χ1v) is 11.3. The maximum Gasteiger partial charge on any atom is 0.251 e. The van der Waals surface area contributed by atoms with E-state index < -0.39 is 0 Å². The Labute approximate surface area is 188 Å². The molecule has 1 N–H and O–H groups in total. The van der Waals surface area contributed by atoms with E-state index in [1.807, 2.05) is 77.4 Å². The number of benzene rings is 3. The van der Waals surface area contributed by atoms with Gasteiger partial charge in [-0.2, -0.15) is 0 Å². The molecule has 1 aromatic heterocycles. The van der Waals surface area contributed by atoms with Gasteiger partial charge in [0.05, 0.1) is 18.7 Å². The van der Waals surface area contributed by atoms with Gasteiger partial charge < -0.3 is 14.4 Å². The van der Waals surface area contributed by atoms with Gasteiger partial charge >= 0.3 is 0 Å². The number of nitrogens with zero attached hydrogens (tertiary/aromatic N) is 1. The van der Waals surface area contributed by atoms with Crippen LogP contribution in [0.15, 0.2) is 89.7 Å². The Kier molecular flexibility index (Phi) is 7.36. The van der Waals surface area contributed by atoms with Crippen molar-refractivity contribution in [3.63, 3.8) is 0 Å². The molecule has 0 aliphatic rings. The average molecular weight is 428 g/mol. The van der Waals surface area contributed by atoms with Gasteiger partial charge in [-0.25, -0.2) is 0 Å². The molecule has 0 saturated carbocycles. The monoisotopic (exact) mass is 427 g/mol. The van der Waals surface area contributed by atoms with Gasteiger partial charge in [-0.1, -0.05) is 67.1 Å². The van der Waals surface area contributed by atoms with Crippen LogP contribution in [0.2, 0.25) is 0 Å². The largest absolute Gasteiger partial charge is 0.494 e. The van der Waals surface area contributed by atoms with Crippen LogP contribution in [0.1, 0.15) is 31.2 Å². The summed E-state index contributed by atoms with van der Waals surface area (Å²) in [6.07, 6.45) is 3.82. The maximum atomic E-state index is 13.2. The van der Waals surface area contributed by atoms with Gasteiger partial charge in [0, 0.05) is 24.1 Å². The van der Waals surface area contributed by atoms with Gasteiger partial charge in [0.15, 0.2) is 0 Å². The molecule has 4 rings (SSSR count). The highest BCUT2D eigenvalue weighted by Gasteiger charge is 2.12. The Hall–Kier alpha value is -3.37. The van der Waals surface area contributed by atoms with Crippen LogP contribution < -0.4 is 10.3 Å². The number of aliphatic hydroxyl groups is 1. The first-order valence-electron chi connectivity index (χ1n) is 11.3. The lowest BCUT2D eigenvalue weighted by atomic mass is 10.0. The number of pyridine rings is 1. The Bertz CT molecular complexity index is 1200. The molecule has 0 aliphatic heterocycles. The summed E-state index contributed by atoms with van der Waals surface area (Å²) in [6, 6.07) is 27.8. The van der Waals surface area contributed by atoms with Crippen molar-refractivity contribution in [2.24, 2.45) is 0 Å². The van der Waals surface area contributed by atoms with Crippen LogP contribution in [0.5, 0.6) is 5.75 Å². The predicted molar refractivity (Wildman–Crippen MR) is 130 cm³/mol. The van der Waals surface area contributed by atoms with Gasteiger partial charge in [0.25, 0.3) is 5.56 Å². The van der Waals surface area contributed by atoms with E-state index in [4.69, 9.17) is 9.84 Å². The minimum atomic E-state index is -0.0265. The van der Waals surface area contributed by atoms with E-state index in [1.54, 1.807) is 6.07 Å². The fraction of sp³-hybridized carbons (Fsp3) is 0.250. The molecule has 0 aliphatic carbocycles. The van der Waals surface area contributed by atoms with E-state index in [2.05, 4.69) is 6.07 Å². The Morgan fingerprint density at radius 2 is 1.50 bits per heavy atom. The summed E-state index contributed by atoms with van der Waals surface area (Å²) in [5, 5.41) is 9.93. The van der Waals surface area contributed by atoms with Crippen LogP contribution >= 0.6 is 0 Å². The molecule has 4 nitrogen and oxygen atoms in total. The van der Waals surface area contributed by atoms with Gasteiger partial charge in [-0.3, -0.25) is 4.79 Å². The molecule has 4 heteroatoms. The highest BCUT2D eigenvalue weighted by molar-refractivity contribution is 5.95. The zero-order valence-electron chi connectivity index (χ0n) is 18.2. The van der Waals surface area contributed by atoms with E-state index in [0.717, 1.165) is 59.0 Å². The molecule has 1 heterocycles. The van der Waals surface area contributed by atoms with Gasteiger partial charge in [-0.15, -0.1) is 0 Å². The number of hydrogen-bond acceptors (Lipinski definition) is 3. The summed E-state index contributed by atoms with van der Waals surface area (Å²) in [4.78, 5) is 13.2. The first kappa shape index (κ1) is 21.8. The SMILES string of the molecule is O=c1cc(-c2ccccc2)c2ccc(OCCCCCCO)cc2n1Cc1ccccc1. The van der Waals surface area contributed by atoms with Crippen molar-refractivity contribution in [3.8, 4) is 16.9 Å². The summed E-state index contributed by atoms with van der Waals surface area (Å²) in [5.41, 5.74) is 3.89. The van der Waals surface area contributed by atoms with Crippen molar-refractivity contribution in [1.82, 2.24) is 4.57 Å². The lowest BCUT2D eigenvalue weighted by molar-refractivity contribution is 0.273. The molecule has 0 radical (unpaired) electrons. The van der Waals surface area contributed by atoms with Gasteiger partial charge in [0.2, 0.25) is 0 Å². The minimum Gasteiger partial charge on any atom is -0.494 e. The third-order valence-corrected chi connectivity index (χ3v) is 5.67. The highest BCUT2D eigenvalue weighted by atomic mass is 16.5. The number of aromatic nitrogens is 1. The summed E-state index contributed by atoms with van der Waals surface area (Å²) in [6.45, 7) is 1.38. The van der Waals surface area contributed by atoms with E-state index in [0.29, 0.717) is 13.2 Å². The summed E-state index contributed by atoms with van der Waals surface area (Å²) in [7, 11) is 0. The zero-order valence-corrected chi connectivity index (χ0v) is 18.2. The van der Waals surface area contributed by atoms with Crippen LogP contribution in [0.25, 0.3) is 22.0 Å². The third-order valence-electron chi connectivity index (χ3n) is 5.67. The fourth-order valence-corrected chi connectivity index (χ4v) is 3.99. The van der Waals surface area contributed by atoms with Gasteiger partial charge in [-0.05, 0) is 48.1 Å². The van der Waals surface area contributed by atoms with Crippen LogP contribution in [0.4, 0.5) is 0 Å². The number of unbranched alkanes of at least 4 members (excludes halogenated alkanes) is 3. The molecule has 164 valence electrons. The third kappa shape index (κ3) is 5.27. The van der Waals surface area contributed by atoms with E-state index >= 15 is 0 Å². The molecule has 0 bridgehead atoms. The average Bonchev–Trinajstić information content (AvgIpc) is 2.84. The lowest BCUT2D eigenvalue weighted by Crippen LogP contribution is -2.21. The van der Waals surface area contributed by atoms with Crippen LogP contribution in [-0.4, -0.2) is 22.9 Å². The van der Waals surface area contributed by atoms with Crippen molar-refractivity contribution in [3.05, 3.63) is 101 Å². The Balaban J connectivity index is 1.70. The Morgan fingerprint density at radius 3 is 2.25 bits per heavy atom. The molecule has 0 spiro atoms. The summed E-state index contributed by atoms with van der Waals surface area (Å²) in [5.74, 6) is 0.770. The van der Waals surface area contributed by atoms with Crippen molar-refractivity contribution in [2.75, 3.05) is 13.2 Å². The van der Waals surface area contributed by atoms with Crippen molar-refractivity contribution >= 4 is 10.9 Å². The number of fused-ring (bicyclic) bond motifs is 1. The van der Waals surface area contributed by atoms with E-state index in [9.17, 15) is 4.79 Å². The van der Waals surface area contributed by atoms with E-state index in [1.165, 1.54) is 0 Å². The fourth-order valence-electron chi connectivity index (χ4n) is 3.99. The van der Waals surface area contributed by atoms with Crippen molar-refractivity contribution in [1.29, 1.82) is 0 Å². The second kappa shape index (κ2) is 10.8. The quantitative estimate of drug-likeness (QED) is 0.333. The summed E-state index contributed by atoms with van der Waals surface area (Å²) >= 11 is 0. The van der Waals surface area contributed by atoms with Crippen molar-refractivity contribution in [2.45, 2.75) is 32.2 Å². The van der Waals surface area contributed by atoms with Crippen LogP contribution in [0.3, 0.4) is 0 Å². The number of ether oxygens (including phenoxy) is 1. The molecule has 4 aromatic rings. The molecule has 3 aromatic carbocycles. The smallest absolute Gasteiger partial charge is 0.251 e. The standard InChI is InChI=1S/C28H29NO3/c30-17-9-1-2-10-18-32-24-15-16-25-26(23-13-7-4-8-14-23)20-28(31)29(27(25)19-24)21-22-11-5-3-6-12-22/h3-8,11-16,19-20,30H,1-2,9-10,17-18,21H2. The zero-order chi connectivity index (χ0) is 22.2. The van der Waals surface area contributed by atoms with Gasteiger partial charge in [0.1, 0.15) is 5.75 Å². The molecule has 0 unspecified atom stereocenters. The molecule has 0 saturated heterocycles. The second-order valence-corrected chi connectivity index (χ2v) is 8.00. The first-order chi connectivity index (χ1) is 15.8. The topological polar surface area (TPSA) is 51.5 Å². The minimum absolute atomic E-state index is 0.0265. The highest BCUT2D eigenvalue weighted by Crippen LogP contribution is 2.30. The predicted octanol–water partition coefficient (Wildman–Crippen LogP) is 5.65. The molecular formula is C28H29NO3. The van der Waals surface area contributed by atoms with Crippen LogP contribution in [-0.2, 0) is 6.54 Å². The second-order valence-electron chi connectivity index (χ2n) is 8.00. The van der Waals surface area contributed by atoms with Crippen LogP contribution in [0, 0.1) is 0 Å². The Morgan fingerprint density at radius 1 is 0.781 bits per heavy atom. The number of aliphatic hydroxyl groups excluding tert-OH is 1. The molecule has 32 heavy (non-hydrogen) atoms. The molecule has 0 fully saturated rings. The number of rotatable bonds is 10. The normalized spacial score (nSPS) is 11.0. The molecule has 0 atom stereocenters. The molecule has 0 amide bonds. The lowest BCUT2D eigenvalue weighted by Gasteiger charge is -2.16. The number of hydrogen-bond donors (Lipinski definition) is 1. The summed E-state index contributed by atoms with van der Waals surface area (Å²) < 4.78 is 7.83. The van der Waals surface area contributed by atoms with E-state index in [-0.39, 0.29) is 12.2 Å². The van der Waals surface area contributed by atoms with Crippen molar-refractivity contribution < 1.29 is 9.84 Å². The molecular weight excluding hydrogens is 398 g/mol. The maximum absolute atomic E-state index is 13.2.